The zero-order valence-corrected chi connectivity index (χ0v) is 14.1. The van der Waals surface area contributed by atoms with Gasteiger partial charge >= 0.3 is 17.2 Å². The maximum absolute atomic E-state index is 12.3. The largest absolute Gasteiger partial charge is 0.491 e. The van der Waals surface area contributed by atoms with Gasteiger partial charge in [-0.1, -0.05) is 18.2 Å². The zero-order valence-electron chi connectivity index (χ0n) is 14.1. The Kier molecular flexibility index (Phi) is 5.53. The van der Waals surface area contributed by atoms with Crippen LogP contribution in [0.4, 0.5) is 5.69 Å². The molecule has 1 heterocycles. The van der Waals surface area contributed by atoms with E-state index in [9.17, 15) is 19.7 Å². The fourth-order valence-corrected chi connectivity index (χ4v) is 2.28. The molecular weight excluding hydrogens is 328 g/mol. The first-order valence-corrected chi connectivity index (χ1v) is 7.55. The van der Waals surface area contributed by atoms with Crippen LogP contribution in [0.25, 0.3) is 0 Å². The number of carbonyl (C=O) groups excluding carboxylic acids is 1. The summed E-state index contributed by atoms with van der Waals surface area (Å²) < 4.78 is 11.4. The standard InChI is InChI=1S/C17H18N2O6/c1-11(2)25-15-7-5-4-6-12(15)9-18-10-13(17(21)24-3)8-14(16(18)20)19(22)23/h4-8,10-11H,9H2,1-3H3. The van der Waals surface area contributed by atoms with Crippen LogP contribution in [0.1, 0.15) is 29.8 Å². The number of esters is 1. The minimum Gasteiger partial charge on any atom is -0.491 e. The van der Waals surface area contributed by atoms with E-state index in [1.54, 1.807) is 24.3 Å². The molecule has 0 N–H and O–H groups in total. The SMILES string of the molecule is COC(=O)c1cc([N+](=O)[O-])c(=O)n(Cc2ccccc2OC(C)C)c1. The van der Waals surface area contributed by atoms with Crippen molar-refractivity contribution < 1.29 is 19.2 Å². The molecule has 0 aliphatic heterocycles. The first-order valence-electron chi connectivity index (χ1n) is 7.55. The maximum Gasteiger partial charge on any atom is 0.339 e. The molecule has 25 heavy (non-hydrogen) atoms. The smallest absolute Gasteiger partial charge is 0.339 e. The Balaban J connectivity index is 2.53. The highest BCUT2D eigenvalue weighted by molar-refractivity contribution is 5.89. The van der Waals surface area contributed by atoms with Crippen molar-refractivity contribution in [3.05, 3.63) is 68.1 Å². The van der Waals surface area contributed by atoms with Crippen molar-refractivity contribution in [3.63, 3.8) is 0 Å². The van der Waals surface area contributed by atoms with Gasteiger partial charge < -0.3 is 14.0 Å². The van der Waals surface area contributed by atoms with Crippen LogP contribution < -0.4 is 10.3 Å². The third kappa shape index (κ3) is 4.23. The van der Waals surface area contributed by atoms with Crippen molar-refractivity contribution >= 4 is 11.7 Å². The molecule has 0 saturated heterocycles. The minimum atomic E-state index is -0.818. The van der Waals surface area contributed by atoms with Crippen molar-refractivity contribution in [1.29, 1.82) is 0 Å². The summed E-state index contributed by atoms with van der Waals surface area (Å²) in [5.41, 5.74) is -0.909. The Morgan fingerprint density at radius 2 is 2.00 bits per heavy atom. The van der Waals surface area contributed by atoms with Gasteiger partial charge in [0.25, 0.3) is 0 Å². The highest BCUT2D eigenvalue weighted by atomic mass is 16.6. The summed E-state index contributed by atoms with van der Waals surface area (Å²) in [5.74, 6) is -0.195. The number of nitro groups is 1. The van der Waals surface area contributed by atoms with Gasteiger partial charge in [-0.3, -0.25) is 14.9 Å². The second kappa shape index (κ2) is 7.61. The van der Waals surface area contributed by atoms with E-state index < -0.39 is 22.1 Å². The predicted octanol–water partition coefficient (Wildman–Crippen LogP) is 2.38. The molecule has 2 rings (SSSR count). The summed E-state index contributed by atoms with van der Waals surface area (Å²) in [7, 11) is 1.16. The van der Waals surface area contributed by atoms with Gasteiger partial charge in [0, 0.05) is 17.8 Å². The van der Waals surface area contributed by atoms with Gasteiger partial charge in [-0.2, -0.15) is 0 Å². The lowest BCUT2D eigenvalue weighted by Crippen LogP contribution is -2.25. The lowest BCUT2D eigenvalue weighted by molar-refractivity contribution is -0.386. The number of para-hydroxylation sites is 1. The molecule has 8 heteroatoms. The van der Waals surface area contributed by atoms with E-state index in [2.05, 4.69) is 4.74 Å². The Morgan fingerprint density at radius 3 is 2.60 bits per heavy atom. The Bertz CT molecular complexity index is 856. The molecule has 0 bridgehead atoms. The number of pyridine rings is 1. The lowest BCUT2D eigenvalue weighted by atomic mass is 10.2. The van der Waals surface area contributed by atoms with Crippen molar-refractivity contribution in [1.82, 2.24) is 4.57 Å². The second-order valence-electron chi connectivity index (χ2n) is 5.57. The predicted molar refractivity (Wildman–Crippen MR) is 90.0 cm³/mol. The van der Waals surface area contributed by atoms with E-state index >= 15 is 0 Å². The van der Waals surface area contributed by atoms with Crippen LogP contribution in [0.3, 0.4) is 0 Å². The molecule has 0 spiro atoms. The van der Waals surface area contributed by atoms with Crippen molar-refractivity contribution in [2.75, 3.05) is 7.11 Å². The van der Waals surface area contributed by atoms with E-state index in [0.29, 0.717) is 11.3 Å². The number of rotatable bonds is 6. The molecule has 0 fully saturated rings. The number of methoxy groups -OCH3 is 1. The van der Waals surface area contributed by atoms with E-state index in [0.717, 1.165) is 17.7 Å². The first-order chi connectivity index (χ1) is 11.8. The average molecular weight is 346 g/mol. The molecular formula is C17H18N2O6. The van der Waals surface area contributed by atoms with Crippen LogP contribution in [0.2, 0.25) is 0 Å². The average Bonchev–Trinajstić information content (AvgIpc) is 2.56. The van der Waals surface area contributed by atoms with Crippen LogP contribution in [0, 0.1) is 10.1 Å². The van der Waals surface area contributed by atoms with Gasteiger partial charge in [0.1, 0.15) is 5.75 Å². The summed E-state index contributed by atoms with van der Waals surface area (Å²) in [6.45, 7) is 3.75. The number of hydrogen-bond donors (Lipinski definition) is 0. The fraction of sp³-hybridized carbons (Fsp3) is 0.294. The molecule has 1 aromatic carbocycles. The number of benzene rings is 1. The highest BCUT2D eigenvalue weighted by Crippen LogP contribution is 2.21. The lowest BCUT2D eigenvalue weighted by Gasteiger charge is -2.15. The highest BCUT2D eigenvalue weighted by Gasteiger charge is 2.21. The van der Waals surface area contributed by atoms with Crippen molar-refractivity contribution in [2.45, 2.75) is 26.5 Å². The van der Waals surface area contributed by atoms with E-state index in [-0.39, 0.29) is 18.2 Å². The summed E-state index contributed by atoms with van der Waals surface area (Å²) in [6, 6.07) is 7.98. The number of ether oxygens (including phenoxy) is 2. The van der Waals surface area contributed by atoms with Crippen LogP contribution in [-0.2, 0) is 11.3 Å². The molecule has 0 amide bonds. The molecule has 0 saturated carbocycles. The molecule has 0 atom stereocenters. The molecule has 1 aromatic heterocycles. The third-order valence-electron chi connectivity index (χ3n) is 3.36. The third-order valence-corrected chi connectivity index (χ3v) is 3.36. The van der Waals surface area contributed by atoms with Crippen LogP contribution in [0.5, 0.6) is 5.75 Å². The Hall–Kier alpha value is -3.16. The van der Waals surface area contributed by atoms with Gasteiger partial charge in [-0.05, 0) is 19.9 Å². The van der Waals surface area contributed by atoms with Gasteiger partial charge in [-0.25, -0.2) is 4.79 Å². The molecule has 0 aliphatic carbocycles. The molecule has 0 aliphatic rings. The number of nitrogens with zero attached hydrogens (tertiary/aromatic N) is 2. The Morgan fingerprint density at radius 1 is 1.32 bits per heavy atom. The summed E-state index contributed by atoms with van der Waals surface area (Å²) >= 11 is 0. The monoisotopic (exact) mass is 346 g/mol. The Labute approximate surface area is 143 Å². The second-order valence-corrected chi connectivity index (χ2v) is 5.57. The van der Waals surface area contributed by atoms with Gasteiger partial charge in [0.05, 0.1) is 30.2 Å². The van der Waals surface area contributed by atoms with Gasteiger partial charge in [-0.15, -0.1) is 0 Å². The van der Waals surface area contributed by atoms with E-state index in [1.165, 1.54) is 6.20 Å². The molecule has 8 nitrogen and oxygen atoms in total. The number of hydrogen-bond acceptors (Lipinski definition) is 6. The molecule has 0 unspecified atom stereocenters. The van der Waals surface area contributed by atoms with Crippen LogP contribution in [0.15, 0.2) is 41.3 Å². The quantitative estimate of drug-likeness (QED) is 0.452. The minimum absolute atomic E-state index is 0.0212. The van der Waals surface area contributed by atoms with Crippen LogP contribution >= 0.6 is 0 Å². The van der Waals surface area contributed by atoms with Crippen molar-refractivity contribution in [3.8, 4) is 5.75 Å². The van der Waals surface area contributed by atoms with E-state index in [1.807, 2.05) is 13.8 Å². The normalized spacial score (nSPS) is 10.6. The number of aromatic nitrogens is 1. The topological polar surface area (TPSA) is 101 Å². The summed E-state index contributed by atoms with van der Waals surface area (Å²) in [4.78, 5) is 34.4. The summed E-state index contributed by atoms with van der Waals surface area (Å²) in [6.07, 6.45) is 1.17. The first kappa shape index (κ1) is 18.2. The van der Waals surface area contributed by atoms with Gasteiger partial charge in [0.15, 0.2) is 0 Å². The number of carbonyl (C=O) groups is 1. The summed E-state index contributed by atoms with van der Waals surface area (Å²) in [5, 5.41) is 11.1. The van der Waals surface area contributed by atoms with E-state index in [4.69, 9.17) is 4.74 Å². The van der Waals surface area contributed by atoms with Crippen molar-refractivity contribution in [2.24, 2.45) is 0 Å². The zero-order chi connectivity index (χ0) is 18.6. The fourth-order valence-electron chi connectivity index (χ4n) is 2.28. The van der Waals surface area contributed by atoms with Gasteiger partial charge in [0.2, 0.25) is 0 Å². The van der Waals surface area contributed by atoms with Crippen LogP contribution in [-0.4, -0.2) is 28.7 Å². The molecule has 132 valence electrons. The molecule has 0 radical (unpaired) electrons. The molecule has 2 aromatic rings. The maximum atomic E-state index is 12.3.